The summed E-state index contributed by atoms with van der Waals surface area (Å²) < 4.78 is 0. The van der Waals surface area contributed by atoms with Gasteiger partial charge in [0.2, 0.25) is 0 Å². The summed E-state index contributed by atoms with van der Waals surface area (Å²) >= 11 is 0. The summed E-state index contributed by atoms with van der Waals surface area (Å²) in [6, 6.07) is 0. The van der Waals surface area contributed by atoms with Crippen LogP contribution in [0.25, 0.3) is 0 Å². The molecule has 0 aromatic carbocycles. The van der Waals surface area contributed by atoms with E-state index >= 15 is 0 Å². The van der Waals surface area contributed by atoms with Gasteiger partial charge < -0.3 is 13.1 Å². The fraction of sp³-hybridized carbons (Fsp3) is 1.00. The Morgan fingerprint density at radius 2 is 1.11 bits per heavy atom. The van der Waals surface area contributed by atoms with Crippen molar-refractivity contribution in [3.05, 3.63) is 0 Å². The molecule has 9 heavy (non-hydrogen) atoms. The first-order valence-corrected chi connectivity index (χ1v) is 3.13. The van der Waals surface area contributed by atoms with Crippen LogP contribution in [-0.2, 0) is 0 Å². The van der Waals surface area contributed by atoms with Crippen LogP contribution in [0.15, 0.2) is 0 Å². The van der Waals surface area contributed by atoms with Gasteiger partial charge in [-0.1, -0.05) is 12.8 Å². The van der Waals surface area contributed by atoms with E-state index < -0.39 is 0 Å². The molecule has 0 bridgehead atoms. The quantitative estimate of drug-likeness (QED) is 0.433. The fourth-order valence-electron chi connectivity index (χ4n) is 0.577. The first-order chi connectivity index (χ1) is 3.91. The van der Waals surface area contributed by atoms with Crippen LogP contribution in [0.3, 0.4) is 0 Å². The molecule has 0 amide bonds. The van der Waals surface area contributed by atoms with Crippen molar-refractivity contribution < 1.29 is 13.1 Å². The van der Waals surface area contributed by atoms with Crippen molar-refractivity contribution >= 4 is 23.1 Å². The van der Waals surface area contributed by atoms with Crippen LogP contribution >= 0.6 is 0 Å². The minimum Gasteiger partial charge on any atom is -1.00 e. The van der Waals surface area contributed by atoms with E-state index in [1.807, 2.05) is 0 Å². The minimum absolute atomic E-state index is 0. The molecule has 0 fully saturated rings. The molecule has 0 radical (unpaired) electrons. The molecule has 0 atom stereocenters. The smallest absolute Gasteiger partial charge is 1.00 e. The Morgan fingerprint density at radius 1 is 0.778 bits per heavy atom. The van der Waals surface area contributed by atoms with Crippen molar-refractivity contribution in [2.45, 2.75) is 25.7 Å². The maximum atomic E-state index is 8.30. The number of unbranched alkanes of at least 4 members (excludes halogenated alkanes) is 3. The Hall–Kier alpha value is 0.686. The van der Waals surface area contributed by atoms with E-state index in [0.717, 1.165) is 25.7 Å². The zero-order chi connectivity index (χ0) is 6.24. The molecule has 0 rings (SSSR count). The summed E-state index contributed by atoms with van der Waals surface area (Å²) in [7, 11) is 0. The van der Waals surface area contributed by atoms with Crippen molar-refractivity contribution in [1.29, 1.82) is 0 Å². The average molecular weight is 144 g/mol. The van der Waals surface area contributed by atoms with Gasteiger partial charge in [-0.2, -0.15) is 0 Å². The van der Waals surface area contributed by atoms with Gasteiger partial charge in [-0.25, -0.2) is 0 Å². The van der Waals surface area contributed by atoms with Gasteiger partial charge >= 0.3 is 23.1 Å². The number of hydrogen-bond donors (Lipinski definition) is 2. The van der Waals surface area contributed by atoms with Crippen LogP contribution in [0, 0.1) is 0 Å². The molecule has 0 aromatic heterocycles. The van der Waals surface area contributed by atoms with Gasteiger partial charge in [-0.3, -0.25) is 0 Å². The summed E-state index contributed by atoms with van der Waals surface area (Å²) in [6.07, 6.45) is 3.83. The van der Waals surface area contributed by atoms with E-state index in [-0.39, 0.29) is 39.1 Å². The van der Waals surface area contributed by atoms with E-state index in [2.05, 4.69) is 0 Å². The number of aliphatic hydroxyl groups is 2. The molecule has 0 aliphatic rings. The summed E-state index contributed by atoms with van der Waals surface area (Å²) in [5, 5.41) is 16.6. The Labute approximate surface area is 75.4 Å². The van der Waals surface area contributed by atoms with Crippen molar-refractivity contribution in [3.8, 4) is 0 Å². The summed E-state index contributed by atoms with van der Waals surface area (Å²) in [5.74, 6) is 0. The van der Waals surface area contributed by atoms with Crippen molar-refractivity contribution in [2.75, 3.05) is 13.2 Å². The first-order valence-electron chi connectivity index (χ1n) is 3.13. The molecule has 54 valence electrons. The third kappa shape index (κ3) is 12.0. The Morgan fingerprint density at radius 3 is 1.33 bits per heavy atom. The molecule has 3 heteroatoms. The Kier molecular flexibility index (Phi) is 15.8. The first kappa shape index (κ1) is 12.4. The second kappa shape index (κ2) is 11.5. The number of aliphatic hydroxyl groups excluding tert-OH is 2. The molecular weight excluding hydrogens is 128 g/mol. The summed E-state index contributed by atoms with van der Waals surface area (Å²) in [4.78, 5) is 0. The average Bonchev–Trinajstić information content (AvgIpc) is 1.81. The standard InChI is InChI=1S/C6H14O2.Mg.2H/c7-5-3-1-2-4-6-8;;;/h7-8H,1-6H2;;;/q;+2;2*-1. The zero-order valence-electron chi connectivity index (χ0n) is 7.84. The zero-order valence-corrected chi connectivity index (χ0v) is 7.26. The third-order valence-electron chi connectivity index (χ3n) is 1.07. The molecule has 0 aromatic rings. The fourth-order valence-corrected chi connectivity index (χ4v) is 0.577. The van der Waals surface area contributed by atoms with Crippen LogP contribution in [-0.4, -0.2) is 46.5 Å². The molecule has 0 saturated carbocycles. The second-order valence-corrected chi connectivity index (χ2v) is 1.86. The van der Waals surface area contributed by atoms with Crippen LogP contribution < -0.4 is 0 Å². The molecule has 2 nitrogen and oxygen atoms in total. The number of rotatable bonds is 5. The van der Waals surface area contributed by atoms with E-state index in [1.165, 1.54) is 0 Å². The normalized spacial score (nSPS) is 8.67. The van der Waals surface area contributed by atoms with Crippen LogP contribution in [0.4, 0.5) is 0 Å². The van der Waals surface area contributed by atoms with E-state index in [4.69, 9.17) is 10.2 Å². The van der Waals surface area contributed by atoms with Crippen LogP contribution in [0.5, 0.6) is 0 Å². The van der Waals surface area contributed by atoms with Gasteiger partial charge in [0, 0.05) is 13.2 Å². The molecule has 0 unspecified atom stereocenters. The van der Waals surface area contributed by atoms with Gasteiger partial charge in [0.05, 0.1) is 0 Å². The van der Waals surface area contributed by atoms with Crippen molar-refractivity contribution in [2.24, 2.45) is 0 Å². The Bertz CT molecular complexity index is 43.6. The number of hydrogen-bond acceptors (Lipinski definition) is 2. The molecule has 0 spiro atoms. The van der Waals surface area contributed by atoms with Gasteiger partial charge in [0.15, 0.2) is 0 Å². The van der Waals surface area contributed by atoms with Crippen LogP contribution in [0.1, 0.15) is 28.5 Å². The maximum absolute atomic E-state index is 8.30. The predicted molar refractivity (Wildman–Crippen MR) is 40.6 cm³/mol. The topological polar surface area (TPSA) is 40.5 Å². The molecule has 0 saturated heterocycles. The Balaban J connectivity index is -0.0000000817. The molecular formula is C6H16MgO2. The van der Waals surface area contributed by atoms with Crippen LogP contribution in [0.2, 0.25) is 0 Å². The van der Waals surface area contributed by atoms with Crippen molar-refractivity contribution in [1.82, 2.24) is 0 Å². The van der Waals surface area contributed by atoms with Crippen molar-refractivity contribution in [3.63, 3.8) is 0 Å². The SMILES string of the molecule is OCCCCCCO.[H-].[H-].[Mg+2]. The molecule has 0 heterocycles. The predicted octanol–water partition coefficient (Wildman–Crippen LogP) is 0.376. The minimum atomic E-state index is 0. The van der Waals surface area contributed by atoms with Gasteiger partial charge in [-0.05, 0) is 12.8 Å². The maximum Gasteiger partial charge on any atom is 2.00 e. The molecule has 2 N–H and O–H groups in total. The molecule has 0 aliphatic heterocycles. The van der Waals surface area contributed by atoms with Gasteiger partial charge in [-0.15, -0.1) is 0 Å². The second-order valence-electron chi connectivity index (χ2n) is 1.86. The summed E-state index contributed by atoms with van der Waals surface area (Å²) in [5.41, 5.74) is 0. The van der Waals surface area contributed by atoms with E-state index in [0.29, 0.717) is 0 Å². The van der Waals surface area contributed by atoms with Gasteiger partial charge in [0.1, 0.15) is 0 Å². The largest absolute Gasteiger partial charge is 2.00 e. The van der Waals surface area contributed by atoms with E-state index in [9.17, 15) is 0 Å². The van der Waals surface area contributed by atoms with Gasteiger partial charge in [0.25, 0.3) is 0 Å². The van der Waals surface area contributed by atoms with E-state index in [1.54, 1.807) is 0 Å². The molecule has 0 aliphatic carbocycles. The monoisotopic (exact) mass is 144 g/mol. The summed E-state index contributed by atoms with van der Waals surface area (Å²) in [6.45, 7) is 0.566. The third-order valence-corrected chi connectivity index (χ3v) is 1.07.